The normalized spacial score (nSPS) is 11.2. The number of hydrogen-bond acceptors (Lipinski definition) is 4. The molecule has 0 bridgehead atoms. The lowest BCUT2D eigenvalue weighted by atomic mass is 10.3. The minimum Gasteiger partial charge on any atom is -0.494 e. The molecule has 2 rings (SSSR count). The molecule has 0 unspecified atom stereocenters. The van der Waals surface area contributed by atoms with Gasteiger partial charge in [-0.2, -0.15) is 0 Å². The molecule has 21 heavy (non-hydrogen) atoms. The highest BCUT2D eigenvalue weighted by molar-refractivity contribution is 9.10. The van der Waals surface area contributed by atoms with Gasteiger partial charge in [-0.05, 0) is 46.3 Å². The van der Waals surface area contributed by atoms with E-state index in [2.05, 4.69) is 20.7 Å². The Morgan fingerprint density at radius 3 is 2.57 bits per heavy atom. The molecule has 0 heterocycles. The first-order valence-corrected chi connectivity index (χ1v) is 8.02. The maximum absolute atomic E-state index is 13.1. The second-order valence-corrected chi connectivity index (χ2v) is 6.67. The lowest BCUT2D eigenvalue weighted by Gasteiger charge is -2.12. The average molecular weight is 375 g/mol. The first kappa shape index (κ1) is 15.6. The highest BCUT2D eigenvalue weighted by atomic mass is 79.9. The lowest BCUT2D eigenvalue weighted by Crippen LogP contribution is -2.14. The number of sulfonamides is 1. The zero-order valence-electron chi connectivity index (χ0n) is 10.9. The zero-order chi connectivity index (χ0) is 15.6. The van der Waals surface area contributed by atoms with Crippen LogP contribution in [-0.2, 0) is 10.0 Å². The highest BCUT2D eigenvalue weighted by Crippen LogP contribution is 2.29. The molecule has 0 aliphatic carbocycles. The molecule has 112 valence electrons. The Hall–Kier alpha value is -1.80. The van der Waals surface area contributed by atoms with Crippen molar-refractivity contribution < 1.29 is 17.5 Å². The SMILES string of the molecule is COc1cc(F)ccc1NS(=O)(=O)c1ccc(Br)c(N)c1. The number of ether oxygens (including phenoxy) is 1. The molecule has 8 heteroatoms. The van der Waals surface area contributed by atoms with Gasteiger partial charge in [-0.25, -0.2) is 12.8 Å². The van der Waals surface area contributed by atoms with E-state index in [1.165, 1.54) is 31.4 Å². The van der Waals surface area contributed by atoms with Gasteiger partial charge >= 0.3 is 0 Å². The van der Waals surface area contributed by atoms with Crippen molar-refractivity contribution in [3.63, 3.8) is 0 Å². The van der Waals surface area contributed by atoms with Gasteiger partial charge in [-0.15, -0.1) is 0 Å². The fourth-order valence-corrected chi connectivity index (χ4v) is 2.99. The van der Waals surface area contributed by atoms with Gasteiger partial charge in [0.15, 0.2) is 0 Å². The second kappa shape index (κ2) is 5.90. The minimum atomic E-state index is -3.85. The van der Waals surface area contributed by atoms with Gasteiger partial charge in [0.2, 0.25) is 0 Å². The summed E-state index contributed by atoms with van der Waals surface area (Å²) in [6, 6.07) is 7.77. The number of anilines is 2. The Morgan fingerprint density at radius 2 is 1.95 bits per heavy atom. The average Bonchev–Trinajstić information content (AvgIpc) is 2.43. The number of benzene rings is 2. The third kappa shape index (κ3) is 3.45. The Bertz CT molecular complexity index is 781. The Kier molecular flexibility index (Phi) is 4.38. The molecule has 3 N–H and O–H groups in total. The molecule has 0 atom stereocenters. The second-order valence-electron chi connectivity index (χ2n) is 4.13. The van der Waals surface area contributed by atoms with E-state index in [1.54, 1.807) is 0 Å². The monoisotopic (exact) mass is 374 g/mol. The summed E-state index contributed by atoms with van der Waals surface area (Å²) in [7, 11) is -2.53. The summed E-state index contributed by atoms with van der Waals surface area (Å²) in [6.45, 7) is 0. The highest BCUT2D eigenvalue weighted by Gasteiger charge is 2.17. The van der Waals surface area contributed by atoms with Crippen LogP contribution in [0.4, 0.5) is 15.8 Å². The topological polar surface area (TPSA) is 81.4 Å². The van der Waals surface area contributed by atoms with Crippen LogP contribution < -0.4 is 15.2 Å². The Labute approximate surface area is 130 Å². The molecule has 0 spiro atoms. The summed E-state index contributed by atoms with van der Waals surface area (Å²) in [4.78, 5) is -0.00502. The first-order valence-electron chi connectivity index (χ1n) is 5.75. The van der Waals surface area contributed by atoms with E-state index in [4.69, 9.17) is 10.5 Å². The molecule has 0 amide bonds. The van der Waals surface area contributed by atoms with Gasteiger partial charge in [-0.1, -0.05) is 0 Å². The van der Waals surface area contributed by atoms with E-state index in [0.717, 1.165) is 12.1 Å². The molecule has 5 nitrogen and oxygen atoms in total. The fraction of sp³-hybridized carbons (Fsp3) is 0.0769. The summed E-state index contributed by atoms with van der Waals surface area (Å²) in [5.41, 5.74) is 6.11. The molecule has 2 aromatic carbocycles. The molecule has 0 aliphatic rings. The summed E-state index contributed by atoms with van der Waals surface area (Å²) >= 11 is 3.19. The van der Waals surface area contributed by atoms with Crippen LogP contribution in [0.1, 0.15) is 0 Å². The van der Waals surface area contributed by atoms with Crippen molar-refractivity contribution in [1.82, 2.24) is 0 Å². The lowest BCUT2D eigenvalue weighted by molar-refractivity contribution is 0.413. The van der Waals surface area contributed by atoms with Crippen molar-refractivity contribution in [1.29, 1.82) is 0 Å². The number of halogens is 2. The van der Waals surface area contributed by atoms with Gasteiger partial charge in [0.25, 0.3) is 10.0 Å². The molecular formula is C13H12BrFN2O3S. The summed E-state index contributed by atoms with van der Waals surface area (Å²) in [5.74, 6) is -0.439. The summed E-state index contributed by atoms with van der Waals surface area (Å²) in [5, 5.41) is 0. The van der Waals surface area contributed by atoms with E-state index >= 15 is 0 Å². The first-order chi connectivity index (χ1) is 9.83. The molecule has 2 aromatic rings. The van der Waals surface area contributed by atoms with Crippen LogP contribution in [0.2, 0.25) is 0 Å². The van der Waals surface area contributed by atoms with Crippen LogP contribution in [0.3, 0.4) is 0 Å². The predicted octanol–water partition coefficient (Wildman–Crippen LogP) is 2.98. The number of methoxy groups -OCH3 is 1. The largest absolute Gasteiger partial charge is 0.494 e. The van der Waals surface area contributed by atoms with Gasteiger partial charge in [0.1, 0.15) is 11.6 Å². The van der Waals surface area contributed by atoms with E-state index in [9.17, 15) is 12.8 Å². The predicted molar refractivity (Wildman–Crippen MR) is 82.3 cm³/mol. The maximum Gasteiger partial charge on any atom is 0.262 e. The van der Waals surface area contributed by atoms with Crippen molar-refractivity contribution in [2.45, 2.75) is 4.90 Å². The molecule has 0 saturated heterocycles. The fourth-order valence-electron chi connectivity index (χ4n) is 1.64. The van der Waals surface area contributed by atoms with Gasteiger partial charge in [0, 0.05) is 16.2 Å². The van der Waals surface area contributed by atoms with Crippen LogP contribution in [0.15, 0.2) is 45.8 Å². The van der Waals surface area contributed by atoms with Gasteiger partial charge < -0.3 is 10.5 Å². The Morgan fingerprint density at radius 1 is 1.24 bits per heavy atom. The molecule has 0 fully saturated rings. The minimum absolute atomic E-state index is 0.00502. The molecular weight excluding hydrogens is 363 g/mol. The van der Waals surface area contributed by atoms with E-state index in [1.807, 2.05) is 0 Å². The number of rotatable bonds is 4. The van der Waals surface area contributed by atoms with Crippen molar-refractivity contribution in [3.8, 4) is 5.75 Å². The van der Waals surface area contributed by atoms with Gasteiger partial charge in [0.05, 0.1) is 17.7 Å². The molecule has 0 saturated carbocycles. The molecule has 0 aromatic heterocycles. The van der Waals surface area contributed by atoms with Crippen molar-refractivity contribution in [3.05, 3.63) is 46.7 Å². The number of nitrogens with one attached hydrogen (secondary N) is 1. The van der Waals surface area contributed by atoms with Crippen LogP contribution in [0.5, 0.6) is 5.75 Å². The van der Waals surface area contributed by atoms with Crippen LogP contribution >= 0.6 is 15.9 Å². The zero-order valence-corrected chi connectivity index (χ0v) is 13.3. The molecule has 0 aliphatic heterocycles. The van der Waals surface area contributed by atoms with Crippen LogP contribution in [0.25, 0.3) is 0 Å². The summed E-state index contributed by atoms with van der Waals surface area (Å²) < 4.78 is 45.6. The molecule has 0 radical (unpaired) electrons. The maximum atomic E-state index is 13.1. The number of nitrogen functional groups attached to an aromatic ring is 1. The van der Waals surface area contributed by atoms with Gasteiger partial charge in [-0.3, -0.25) is 4.72 Å². The van der Waals surface area contributed by atoms with E-state index < -0.39 is 15.8 Å². The standard InChI is InChI=1S/C13H12BrFN2O3S/c1-20-13-6-8(15)2-5-12(13)17-21(18,19)9-3-4-10(14)11(16)7-9/h2-7,17H,16H2,1H3. The Balaban J connectivity index is 2.39. The van der Waals surface area contributed by atoms with Crippen molar-refractivity contribution in [2.75, 3.05) is 17.6 Å². The number of hydrogen-bond donors (Lipinski definition) is 2. The van der Waals surface area contributed by atoms with Crippen LogP contribution in [0, 0.1) is 5.82 Å². The van der Waals surface area contributed by atoms with Crippen molar-refractivity contribution in [2.24, 2.45) is 0 Å². The smallest absolute Gasteiger partial charge is 0.262 e. The van der Waals surface area contributed by atoms with E-state index in [-0.39, 0.29) is 16.3 Å². The van der Waals surface area contributed by atoms with E-state index in [0.29, 0.717) is 10.2 Å². The quantitative estimate of drug-likeness (QED) is 0.806. The van der Waals surface area contributed by atoms with Crippen molar-refractivity contribution >= 4 is 37.3 Å². The summed E-state index contributed by atoms with van der Waals surface area (Å²) in [6.07, 6.45) is 0. The third-order valence-corrected chi connectivity index (χ3v) is 4.77. The van der Waals surface area contributed by atoms with Crippen LogP contribution in [-0.4, -0.2) is 15.5 Å². The third-order valence-electron chi connectivity index (χ3n) is 2.69. The number of nitrogens with two attached hydrogens (primary N) is 1.